The molecule has 0 spiro atoms. The van der Waals surface area contributed by atoms with E-state index in [2.05, 4.69) is 20.4 Å². The van der Waals surface area contributed by atoms with Crippen LogP contribution in [0.25, 0.3) is 10.9 Å². The molecular weight excluding hydrogens is 453 g/mol. The standard InChI is InChI=1S/C25H28FN5O4/c26-19-3-1-15-2-4-23(33)31-18(14-35-25(19)24(15)31)11-30-7-5-21(22(32)12-30)27-10-17-9-16-13-34-8-6-20(16)29-28-17/h1-4,9,18,21-22,27,32H,5-8,10-14H2/t18-,21+,22-/m1/s1. The van der Waals surface area contributed by atoms with Crippen molar-refractivity contribution in [3.8, 4) is 5.75 Å². The van der Waals surface area contributed by atoms with Crippen LogP contribution in [0, 0.1) is 5.82 Å². The molecule has 0 amide bonds. The molecule has 3 aliphatic rings. The third kappa shape index (κ3) is 4.31. The smallest absolute Gasteiger partial charge is 0.251 e. The molecule has 0 unspecified atom stereocenters. The lowest BCUT2D eigenvalue weighted by molar-refractivity contribution is 0.0294. The number of β-amino-alcohol motifs (C(OH)–C–C–N with tert-alkyl or cyclic N) is 1. The highest BCUT2D eigenvalue weighted by atomic mass is 19.1. The van der Waals surface area contributed by atoms with Crippen molar-refractivity contribution in [2.24, 2.45) is 0 Å². The Labute approximate surface area is 201 Å². The van der Waals surface area contributed by atoms with Crippen molar-refractivity contribution >= 4 is 10.9 Å². The van der Waals surface area contributed by atoms with Crippen LogP contribution in [0.4, 0.5) is 4.39 Å². The molecule has 2 aromatic heterocycles. The first-order valence-corrected chi connectivity index (χ1v) is 12.1. The lowest BCUT2D eigenvalue weighted by Gasteiger charge is -2.39. The number of ether oxygens (including phenoxy) is 2. The summed E-state index contributed by atoms with van der Waals surface area (Å²) in [6.07, 6.45) is 0.973. The number of hydrogen-bond acceptors (Lipinski definition) is 8. The van der Waals surface area contributed by atoms with E-state index in [4.69, 9.17) is 9.47 Å². The number of aromatic nitrogens is 3. The van der Waals surface area contributed by atoms with Crippen LogP contribution in [0.3, 0.4) is 0 Å². The Morgan fingerprint density at radius 3 is 3.00 bits per heavy atom. The largest absolute Gasteiger partial charge is 0.486 e. The van der Waals surface area contributed by atoms with E-state index in [0.29, 0.717) is 38.4 Å². The maximum atomic E-state index is 14.3. The monoisotopic (exact) mass is 481 g/mol. The third-order valence-electron chi connectivity index (χ3n) is 7.22. The van der Waals surface area contributed by atoms with E-state index in [1.54, 1.807) is 16.7 Å². The predicted octanol–water partition coefficient (Wildman–Crippen LogP) is 1.16. The minimum atomic E-state index is -0.570. The van der Waals surface area contributed by atoms with Gasteiger partial charge in [0.15, 0.2) is 11.6 Å². The van der Waals surface area contributed by atoms with E-state index in [0.717, 1.165) is 41.7 Å². The van der Waals surface area contributed by atoms with Crippen LogP contribution in [0.2, 0.25) is 0 Å². The van der Waals surface area contributed by atoms with Crippen molar-refractivity contribution < 1.29 is 19.0 Å². The van der Waals surface area contributed by atoms with Crippen LogP contribution >= 0.6 is 0 Å². The van der Waals surface area contributed by atoms with E-state index >= 15 is 0 Å². The van der Waals surface area contributed by atoms with Gasteiger partial charge in [-0.1, -0.05) is 0 Å². The molecule has 0 radical (unpaired) electrons. The van der Waals surface area contributed by atoms with Gasteiger partial charge in [0.25, 0.3) is 5.56 Å². The first-order chi connectivity index (χ1) is 17.1. The number of aliphatic hydroxyl groups is 1. The topological polar surface area (TPSA) is 102 Å². The second kappa shape index (κ2) is 9.27. The van der Waals surface area contributed by atoms with E-state index < -0.39 is 11.9 Å². The molecule has 6 rings (SSSR count). The number of aliphatic hydroxyl groups excluding tert-OH is 1. The van der Waals surface area contributed by atoms with Crippen molar-refractivity contribution in [2.75, 3.05) is 32.8 Å². The van der Waals surface area contributed by atoms with Crippen LogP contribution in [-0.2, 0) is 24.3 Å². The van der Waals surface area contributed by atoms with E-state index in [1.165, 1.54) is 12.1 Å². The van der Waals surface area contributed by atoms with Gasteiger partial charge in [0.05, 0.1) is 42.3 Å². The van der Waals surface area contributed by atoms with Crippen LogP contribution < -0.4 is 15.6 Å². The molecule has 3 aliphatic heterocycles. The Hall–Kier alpha value is -2.92. The summed E-state index contributed by atoms with van der Waals surface area (Å²) in [6, 6.07) is 7.95. The fourth-order valence-electron chi connectivity index (χ4n) is 5.39. The van der Waals surface area contributed by atoms with Gasteiger partial charge in [0.1, 0.15) is 6.61 Å². The van der Waals surface area contributed by atoms with Crippen LogP contribution in [-0.4, -0.2) is 69.8 Å². The quantitative estimate of drug-likeness (QED) is 0.560. The van der Waals surface area contributed by atoms with E-state index in [1.807, 2.05) is 6.07 Å². The Bertz CT molecular complexity index is 1310. The van der Waals surface area contributed by atoms with Gasteiger partial charge in [-0.05, 0) is 37.2 Å². The van der Waals surface area contributed by atoms with Gasteiger partial charge in [0.2, 0.25) is 0 Å². The Kier molecular flexibility index (Phi) is 5.97. The minimum absolute atomic E-state index is 0.0658. The van der Waals surface area contributed by atoms with Gasteiger partial charge < -0.3 is 19.9 Å². The molecule has 3 atom stereocenters. The van der Waals surface area contributed by atoms with Gasteiger partial charge >= 0.3 is 0 Å². The first kappa shape index (κ1) is 22.5. The Morgan fingerprint density at radius 1 is 1.23 bits per heavy atom. The summed E-state index contributed by atoms with van der Waals surface area (Å²) < 4.78 is 27.2. The number of nitrogens with one attached hydrogen (secondary N) is 1. The fraction of sp³-hybridized carbons (Fsp3) is 0.480. The summed E-state index contributed by atoms with van der Waals surface area (Å²) in [6.45, 7) is 3.76. The van der Waals surface area contributed by atoms with Crippen LogP contribution in [0.15, 0.2) is 35.1 Å². The number of piperidine rings is 1. The Morgan fingerprint density at radius 2 is 2.11 bits per heavy atom. The van der Waals surface area contributed by atoms with Crippen molar-refractivity contribution in [1.82, 2.24) is 25.0 Å². The molecular formula is C25H28FN5O4. The number of hydrogen-bond donors (Lipinski definition) is 2. The molecule has 1 saturated heterocycles. The number of halogens is 1. The molecule has 0 bridgehead atoms. The molecule has 0 saturated carbocycles. The number of rotatable bonds is 5. The van der Waals surface area contributed by atoms with Crippen molar-refractivity contribution in [3.05, 3.63) is 63.5 Å². The summed E-state index contributed by atoms with van der Waals surface area (Å²) in [5, 5.41) is 23.7. The van der Waals surface area contributed by atoms with Gasteiger partial charge in [-0.2, -0.15) is 10.2 Å². The molecule has 2 N–H and O–H groups in total. The maximum absolute atomic E-state index is 14.3. The molecule has 10 heteroatoms. The summed E-state index contributed by atoms with van der Waals surface area (Å²) >= 11 is 0. The third-order valence-corrected chi connectivity index (χ3v) is 7.22. The second-order valence-corrected chi connectivity index (χ2v) is 9.53. The molecule has 9 nitrogen and oxygen atoms in total. The van der Waals surface area contributed by atoms with Crippen molar-refractivity contribution in [2.45, 2.75) is 44.2 Å². The van der Waals surface area contributed by atoms with Crippen LogP contribution in [0.5, 0.6) is 5.75 Å². The summed E-state index contributed by atoms with van der Waals surface area (Å²) in [4.78, 5) is 14.9. The SMILES string of the molecule is O=c1ccc2ccc(F)c3c2n1[C@H](CN1CC[C@H](NCc2cc4c(nn2)CCOC4)[C@H](O)C1)CO3. The zero-order valence-corrected chi connectivity index (χ0v) is 19.3. The molecule has 0 aliphatic carbocycles. The van der Waals surface area contributed by atoms with E-state index in [9.17, 15) is 14.3 Å². The van der Waals surface area contributed by atoms with Gasteiger partial charge in [-0.3, -0.25) is 14.3 Å². The lowest BCUT2D eigenvalue weighted by atomic mass is 10.0. The van der Waals surface area contributed by atoms with Crippen molar-refractivity contribution in [3.63, 3.8) is 0 Å². The molecule has 1 fully saturated rings. The normalized spacial score (nSPS) is 24.2. The van der Waals surface area contributed by atoms with Gasteiger partial charge in [-0.15, -0.1) is 0 Å². The summed E-state index contributed by atoms with van der Waals surface area (Å²) in [5.74, 6) is -0.329. The van der Waals surface area contributed by atoms with Gasteiger partial charge in [0, 0.05) is 49.1 Å². The van der Waals surface area contributed by atoms with Crippen molar-refractivity contribution in [1.29, 1.82) is 0 Å². The number of pyridine rings is 1. The maximum Gasteiger partial charge on any atom is 0.251 e. The van der Waals surface area contributed by atoms with E-state index in [-0.39, 0.29) is 30.0 Å². The van der Waals surface area contributed by atoms with Crippen LogP contribution in [0.1, 0.15) is 29.4 Å². The highest BCUT2D eigenvalue weighted by molar-refractivity contribution is 5.85. The highest BCUT2D eigenvalue weighted by Gasteiger charge is 2.32. The second-order valence-electron chi connectivity index (χ2n) is 9.53. The lowest BCUT2D eigenvalue weighted by Crippen LogP contribution is -2.54. The minimum Gasteiger partial charge on any atom is -0.486 e. The number of benzene rings is 1. The zero-order chi connectivity index (χ0) is 23.9. The van der Waals surface area contributed by atoms with Gasteiger partial charge in [-0.25, -0.2) is 4.39 Å². The average molecular weight is 482 g/mol. The average Bonchev–Trinajstić information content (AvgIpc) is 2.87. The summed E-state index contributed by atoms with van der Waals surface area (Å²) in [5.41, 5.74) is 3.25. The number of fused-ring (bicyclic) bond motifs is 1. The first-order valence-electron chi connectivity index (χ1n) is 12.1. The molecule has 3 aromatic rings. The summed E-state index contributed by atoms with van der Waals surface area (Å²) in [7, 11) is 0. The molecule has 1 aromatic carbocycles. The highest BCUT2D eigenvalue weighted by Crippen LogP contribution is 2.34. The number of nitrogens with zero attached hydrogens (tertiary/aromatic N) is 4. The Balaban J connectivity index is 1.10. The fourth-order valence-corrected chi connectivity index (χ4v) is 5.39. The molecule has 5 heterocycles. The predicted molar refractivity (Wildman–Crippen MR) is 126 cm³/mol. The molecule has 184 valence electrons. The molecule has 35 heavy (non-hydrogen) atoms. The zero-order valence-electron chi connectivity index (χ0n) is 19.3. The number of likely N-dealkylation sites (tertiary alicyclic amines) is 1.